The molecule has 0 aromatic heterocycles. The topological polar surface area (TPSA) is 39.1 Å². The third-order valence-electron chi connectivity index (χ3n) is 3.84. The van der Waals surface area contributed by atoms with Crippen LogP contribution in [0.5, 0.6) is 0 Å². The summed E-state index contributed by atoms with van der Waals surface area (Å²) >= 11 is 0. The summed E-state index contributed by atoms with van der Waals surface area (Å²) in [6, 6.07) is 16.5. The van der Waals surface area contributed by atoms with Crippen molar-refractivity contribution in [3.8, 4) is 0 Å². The van der Waals surface area contributed by atoms with Crippen molar-refractivity contribution in [3.63, 3.8) is 0 Å². The highest BCUT2D eigenvalue weighted by Crippen LogP contribution is 2.26. The maximum atomic E-state index is 13.2. The molecule has 1 aliphatic rings. The highest BCUT2D eigenvalue weighted by molar-refractivity contribution is 5.66. The molecule has 5 heteroatoms. The molecular formula is C18H20FN3O. The number of rotatable bonds is 7. The van der Waals surface area contributed by atoms with E-state index in [0.29, 0.717) is 13.1 Å². The minimum atomic E-state index is -0.262. The van der Waals surface area contributed by atoms with Crippen molar-refractivity contribution in [2.24, 2.45) is 4.99 Å². The molecule has 0 aliphatic carbocycles. The Morgan fingerprint density at radius 2 is 1.78 bits per heavy atom. The molecule has 4 nitrogen and oxygen atoms in total. The van der Waals surface area contributed by atoms with Crippen LogP contribution in [0.2, 0.25) is 0 Å². The van der Waals surface area contributed by atoms with Crippen molar-refractivity contribution in [2.45, 2.75) is 19.1 Å². The largest absolute Gasteiger partial charge is 0.395 e. The van der Waals surface area contributed by atoms with Crippen molar-refractivity contribution in [1.29, 1.82) is 0 Å². The summed E-state index contributed by atoms with van der Waals surface area (Å²) < 4.78 is 13.2. The van der Waals surface area contributed by atoms with E-state index < -0.39 is 0 Å². The Hall–Kier alpha value is -2.24. The van der Waals surface area contributed by atoms with Crippen LogP contribution >= 0.6 is 0 Å². The third-order valence-corrected chi connectivity index (χ3v) is 3.84. The van der Waals surface area contributed by atoms with Crippen LogP contribution in [0.15, 0.2) is 59.6 Å². The minimum absolute atomic E-state index is 0.00396. The summed E-state index contributed by atoms with van der Waals surface area (Å²) in [5.74, 6) is -0.262. The van der Waals surface area contributed by atoms with Gasteiger partial charge < -0.3 is 5.11 Å². The Labute approximate surface area is 135 Å². The van der Waals surface area contributed by atoms with Gasteiger partial charge in [-0.25, -0.2) is 9.40 Å². The van der Waals surface area contributed by atoms with E-state index >= 15 is 0 Å². The average Bonchev–Trinajstić information content (AvgIpc) is 2.52. The van der Waals surface area contributed by atoms with Crippen LogP contribution in [-0.4, -0.2) is 35.6 Å². The Morgan fingerprint density at radius 1 is 1.09 bits per heavy atom. The van der Waals surface area contributed by atoms with E-state index in [1.54, 1.807) is 12.1 Å². The predicted octanol–water partition coefficient (Wildman–Crippen LogP) is 2.84. The van der Waals surface area contributed by atoms with E-state index in [4.69, 9.17) is 0 Å². The van der Waals surface area contributed by atoms with Gasteiger partial charge in [0.2, 0.25) is 0 Å². The Kier molecular flexibility index (Phi) is 5.00. The lowest BCUT2D eigenvalue weighted by atomic mass is 10.2. The summed E-state index contributed by atoms with van der Waals surface area (Å²) in [6.07, 6.45) is 2.71. The smallest absolute Gasteiger partial charge is 0.140 e. The number of aliphatic hydroxyl groups excluding tert-OH is 1. The third kappa shape index (κ3) is 3.75. The zero-order valence-electron chi connectivity index (χ0n) is 12.8. The molecule has 0 bridgehead atoms. The fraction of sp³-hybridized carbons (Fsp3) is 0.278. The molecule has 1 heterocycles. The standard InChI is InChI=1S/C18H20FN3O/c19-16-6-8-17(9-7-16)22(18-10-11-20-18)21(12-13-23)14-15-4-2-1-3-5-15/h1-9,11,18,23H,10,12-14H2. The van der Waals surface area contributed by atoms with Crippen LogP contribution in [0.1, 0.15) is 12.0 Å². The maximum Gasteiger partial charge on any atom is 0.140 e. The van der Waals surface area contributed by atoms with E-state index in [0.717, 1.165) is 17.7 Å². The molecule has 1 N–H and O–H groups in total. The van der Waals surface area contributed by atoms with E-state index in [9.17, 15) is 9.50 Å². The molecule has 2 aromatic rings. The van der Waals surface area contributed by atoms with Gasteiger partial charge in [0.1, 0.15) is 12.0 Å². The molecule has 23 heavy (non-hydrogen) atoms. The normalized spacial score (nSPS) is 16.4. The molecule has 1 unspecified atom stereocenters. The minimum Gasteiger partial charge on any atom is -0.395 e. The number of benzene rings is 2. The first kappa shape index (κ1) is 15.6. The molecule has 2 aromatic carbocycles. The molecule has 0 amide bonds. The Bertz CT molecular complexity index is 645. The Morgan fingerprint density at radius 3 is 2.35 bits per heavy atom. The summed E-state index contributed by atoms with van der Waals surface area (Å²) in [6.45, 7) is 1.18. The molecule has 0 fully saturated rings. The summed E-state index contributed by atoms with van der Waals surface area (Å²) in [7, 11) is 0. The second kappa shape index (κ2) is 7.35. The predicted molar refractivity (Wildman–Crippen MR) is 89.7 cm³/mol. The fourth-order valence-corrected chi connectivity index (χ4v) is 2.65. The van der Waals surface area contributed by atoms with Crippen LogP contribution in [0.25, 0.3) is 0 Å². The fourth-order valence-electron chi connectivity index (χ4n) is 2.65. The Balaban J connectivity index is 1.88. The van der Waals surface area contributed by atoms with Gasteiger partial charge in [0, 0.05) is 25.7 Å². The van der Waals surface area contributed by atoms with Crippen molar-refractivity contribution in [2.75, 3.05) is 18.2 Å². The molecule has 1 aliphatic heterocycles. The van der Waals surface area contributed by atoms with E-state index in [2.05, 4.69) is 22.1 Å². The van der Waals surface area contributed by atoms with Crippen molar-refractivity contribution >= 4 is 11.9 Å². The van der Waals surface area contributed by atoms with Gasteiger partial charge in [-0.15, -0.1) is 0 Å². The van der Waals surface area contributed by atoms with Crippen LogP contribution in [0.4, 0.5) is 10.1 Å². The van der Waals surface area contributed by atoms with Gasteiger partial charge in [0.25, 0.3) is 0 Å². The van der Waals surface area contributed by atoms with Crippen molar-refractivity contribution < 1.29 is 9.50 Å². The number of aliphatic hydroxyl groups is 1. The lowest BCUT2D eigenvalue weighted by molar-refractivity contribution is 0.161. The van der Waals surface area contributed by atoms with E-state index in [1.165, 1.54) is 12.1 Å². The molecule has 1 atom stereocenters. The zero-order chi connectivity index (χ0) is 16.1. The molecule has 0 spiro atoms. The highest BCUT2D eigenvalue weighted by Gasteiger charge is 2.27. The van der Waals surface area contributed by atoms with Crippen molar-refractivity contribution in [1.82, 2.24) is 5.01 Å². The number of anilines is 1. The number of hydrogen-bond acceptors (Lipinski definition) is 4. The van der Waals surface area contributed by atoms with Gasteiger partial charge in [0.15, 0.2) is 0 Å². The molecule has 3 rings (SSSR count). The first-order chi connectivity index (χ1) is 11.3. The second-order valence-corrected chi connectivity index (χ2v) is 5.47. The molecular weight excluding hydrogens is 293 g/mol. The molecule has 0 saturated heterocycles. The van der Waals surface area contributed by atoms with E-state index in [-0.39, 0.29) is 18.6 Å². The zero-order valence-corrected chi connectivity index (χ0v) is 12.8. The van der Waals surface area contributed by atoms with Gasteiger partial charge in [0.05, 0.1) is 12.3 Å². The first-order valence-corrected chi connectivity index (χ1v) is 7.74. The number of hydrazine groups is 1. The highest BCUT2D eigenvalue weighted by atomic mass is 19.1. The number of nitrogens with zero attached hydrogens (tertiary/aromatic N) is 3. The SMILES string of the molecule is OCCN(Cc1ccccc1)N(c1ccc(F)cc1)C1CC=N1. The van der Waals surface area contributed by atoms with Crippen LogP contribution in [0.3, 0.4) is 0 Å². The van der Waals surface area contributed by atoms with Crippen molar-refractivity contribution in [3.05, 3.63) is 66.0 Å². The lowest BCUT2D eigenvalue weighted by Gasteiger charge is -2.42. The van der Waals surface area contributed by atoms with E-state index in [1.807, 2.05) is 29.4 Å². The van der Waals surface area contributed by atoms with Crippen LogP contribution < -0.4 is 5.01 Å². The van der Waals surface area contributed by atoms with Gasteiger partial charge in [-0.1, -0.05) is 30.3 Å². The van der Waals surface area contributed by atoms with Gasteiger partial charge in [-0.2, -0.15) is 0 Å². The van der Waals surface area contributed by atoms with Crippen LogP contribution in [0, 0.1) is 5.82 Å². The van der Waals surface area contributed by atoms with Gasteiger partial charge in [-0.05, 0) is 29.8 Å². The first-order valence-electron chi connectivity index (χ1n) is 7.74. The molecule has 0 radical (unpaired) electrons. The van der Waals surface area contributed by atoms with Crippen LogP contribution in [-0.2, 0) is 6.54 Å². The number of halogens is 1. The summed E-state index contributed by atoms with van der Waals surface area (Å²) in [5.41, 5.74) is 2.02. The molecule has 0 saturated carbocycles. The molecule has 120 valence electrons. The monoisotopic (exact) mass is 313 g/mol. The average molecular weight is 313 g/mol. The van der Waals surface area contributed by atoms with Gasteiger partial charge >= 0.3 is 0 Å². The number of aliphatic imine (C=N–C) groups is 1. The van der Waals surface area contributed by atoms with Gasteiger partial charge in [-0.3, -0.25) is 10.0 Å². The lowest BCUT2D eigenvalue weighted by Crippen LogP contribution is -2.51. The summed E-state index contributed by atoms with van der Waals surface area (Å²) in [5, 5.41) is 13.6. The summed E-state index contributed by atoms with van der Waals surface area (Å²) in [4.78, 5) is 4.40. The number of hydrogen-bond donors (Lipinski definition) is 1. The second-order valence-electron chi connectivity index (χ2n) is 5.47. The quantitative estimate of drug-likeness (QED) is 0.799. The maximum absolute atomic E-state index is 13.2.